The topological polar surface area (TPSA) is 75.7 Å². The number of benzene rings is 2. The Kier molecular flexibility index (Phi) is 7.22. The van der Waals surface area contributed by atoms with E-state index in [-0.39, 0.29) is 16.6 Å². The molecule has 156 valence electrons. The highest BCUT2D eigenvalue weighted by Crippen LogP contribution is 2.21. The summed E-state index contributed by atoms with van der Waals surface area (Å²) in [4.78, 5) is 12.5. The number of nitrogens with zero attached hydrogens (tertiary/aromatic N) is 1. The van der Waals surface area contributed by atoms with Crippen LogP contribution in [0.5, 0.6) is 5.75 Å². The van der Waals surface area contributed by atoms with Crippen molar-refractivity contribution in [3.63, 3.8) is 0 Å². The van der Waals surface area contributed by atoms with Gasteiger partial charge >= 0.3 is 0 Å². The van der Waals surface area contributed by atoms with Gasteiger partial charge in [0.25, 0.3) is 5.91 Å². The molecule has 1 saturated heterocycles. The quantitative estimate of drug-likeness (QED) is 0.632. The van der Waals surface area contributed by atoms with Crippen LogP contribution in [0.1, 0.15) is 36.0 Å². The molecule has 0 bridgehead atoms. The maximum atomic E-state index is 12.8. The van der Waals surface area contributed by atoms with Gasteiger partial charge in [-0.25, -0.2) is 12.8 Å². The molecule has 2 aromatic carbocycles. The van der Waals surface area contributed by atoms with Crippen LogP contribution < -0.4 is 10.1 Å². The smallest absolute Gasteiger partial charge is 0.251 e. The van der Waals surface area contributed by atoms with Gasteiger partial charge in [-0.05, 0) is 68.1 Å². The van der Waals surface area contributed by atoms with Crippen LogP contribution in [-0.2, 0) is 10.0 Å². The predicted molar refractivity (Wildman–Crippen MR) is 108 cm³/mol. The summed E-state index contributed by atoms with van der Waals surface area (Å²) in [6.07, 6.45) is 3.16. The molecule has 1 aliphatic rings. The molecule has 0 unspecified atom stereocenters. The lowest BCUT2D eigenvalue weighted by Gasteiger charge is -2.16. The first-order valence-electron chi connectivity index (χ1n) is 9.73. The zero-order chi connectivity index (χ0) is 20.7. The van der Waals surface area contributed by atoms with E-state index in [4.69, 9.17) is 4.74 Å². The van der Waals surface area contributed by atoms with Gasteiger partial charge in [0.15, 0.2) is 0 Å². The van der Waals surface area contributed by atoms with Crippen molar-refractivity contribution in [2.24, 2.45) is 0 Å². The number of halogens is 1. The third kappa shape index (κ3) is 5.77. The molecule has 6 nitrogen and oxygen atoms in total. The molecule has 1 fully saturated rings. The molecule has 3 rings (SSSR count). The molecule has 29 heavy (non-hydrogen) atoms. The van der Waals surface area contributed by atoms with Gasteiger partial charge in [-0.2, -0.15) is 4.31 Å². The van der Waals surface area contributed by atoms with Crippen LogP contribution in [0.2, 0.25) is 0 Å². The summed E-state index contributed by atoms with van der Waals surface area (Å²) < 4.78 is 45.1. The van der Waals surface area contributed by atoms with Crippen molar-refractivity contribution in [3.05, 3.63) is 59.9 Å². The van der Waals surface area contributed by atoms with E-state index in [0.29, 0.717) is 44.0 Å². The van der Waals surface area contributed by atoms with E-state index >= 15 is 0 Å². The summed E-state index contributed by atoms with van der Waals surface area (Å²) in [5, 5.41) is 2.80. The number of rotatable bonds is 9. The Balaban J connectivity index is 1.44. The number of ether oxygens (including phenoxy) is 1. The van der Waals surface area contributed by atoms with Crippen LogP contribution in [0.15, 0.2) is 53.4 Å². The number of carbonyl (C=O) groups excluding carboxylic acids is 1. The molecule has 0 saturated carbocycles. The number of carbonyl (C=O) groups is 1. The molecular formula is C21H25FN2O4S. The summed E-state index contributed by atoms with van der Waals surface area (Å²) in [6, 6.07) is 12.0. The van der Waals surface area contributed by atoms with Gasteiger partial charge in [0.1, 0.15) is 11.6 Å². The highest BCUT2D eigenvalue weighted by molar-refractivity contribution is 7.89. The van der Waals surface area contributed by atoms with Gasteiger partial charge in [-0.3, -0.25) is 4.79 Å². The van der Waals surface area contributed by atoms with Crippen molar-refractivity contribution in [3.8, 4) is 5.75 Å². The Morgan fingerprint density at radius 1 is 1.07 bits per heavy atom. The first-order chi connectivity index (χ1) is 14.0. The lowest BCUT2D eigenvalue weighted by Crippen LogP contribution is -2.29. The summed E-state index contributed by atoms with van der Waals surface area (Å²) in [7, 11) is -3.54. The van der Waals surface area contributed by atoms with Gasteiger partial charge < -0.3 is 10.1 Å². The summed E-state index contributed by atoms with van der Waals surface area (Å²) in [5.74, 6) is -0.00764. The number of amides is 1. The molecule has 1 aliphatic heterocycles. The van der Waals surface area contributed by atoms with Crippen LogP contribution in [0, 0.1) is 5.82 Å². The van der Waals surface area contributed by atoms with Crippen LogP contribution >= 0.6 is 0 Å². The van der Waals surface area contributed by atoms with Crippen LogP contribution in [0.25, 0.3) is 0 Å². The van der Waals surface area contributed by atoms with Crippen molar-refractivity contribution < 1.29 is 22.3 Å². The summed E-state index contributed by atoms with van der Waals surface area (Å²) in [5.41, 5.74) is 0.327. The van der Waals surface area contributed by atoms with Gasteiger partial charge in [-0.1, -0.05) is 6.07 Å². The molecule has 8 heteroatoms. The van der Waals surface area contributed by atoms with E-state index in [2.05, 4.69) is 5.32 Å². The molecule has 0 atom stereocenters. The minimum absolute atomic E-state index is 0.153. The Bertz CT molecular complexity index is 926. The monoisotopic (exact) mass is 420 g/mol. The van der Waals surface area contributed by atoms with E-state index < -0.39 is 10.0 Å². The Labute approximate surface area is 170 Å². The maximum absolute atomic E-state index is 12.8. The number of unbranched alkanes of at least 4 members (excludes halogenated alkanes) is 1. The van der Waals surface area contributed by atoms with E-state index in [1.165, 1.54) is 28.6 Å². The van der Waals surface area contributed by atoms with Gasteiger partial charge in [0.05, 0.1) is 11.5 Å². The first kappa shape index (κ1) is 21.3. The molecule has 2 aromatic rings. The van der Waals surface area contributed by atoms with Crippen LogP contribution in [0.4, 0.5) is 4.39 Å². The minimum atomic E-state index is -3.54. The van der Waals surface area contributed by atoms with Crippen molar-refractivity contribution >= 4 is 15.9 Å². The maximum Gasteiger partial charge on any atom is 0.251 e. The summed E-state index contributed by atoms with van der Waals surface area (Å²) >= 11 is 0. The van der Waals surface area contributed by atoms with Crippen molar-refractivity contribution in [1.82, 2.24) is 9.62 Å². The van der Waals surface area contributed by atoms with E-state index in [9.17, 15) is 17.6 Å². The SMILES string of the molecule is O=C(NCCCCOc1ccc(F)cc1)c1cccc(S(=O)(=O)N2CCCC2)c1. The Hall–Kier alpha value is -2.45. The summed E-state index contributed by atoms with van der Waals surface area (Å²) in [6.45, 7) is 1.97. The first-order valence-corrected chi connectivity index (χ1v) is 11.2. The molecule has 1 N–H and O–H groups in total. The second-order valence-electron chi connectivity index (χ2n) is 6.90. The van der Waals surface area contributed by atoms with Crippen molar-refractivity contribution in [2.75, 3.05) is 26.2 Å². The van der Waals surface area contributed by atoms with Gasteiger partial charge in [0.2, 0.25) is 10.0 Å². The Morgan fingerprint density at radius 3 is 2.52 bits per heavy atom. The molecule has 0 spiro atoms. The van der Waals surface area contributed by atoms with E-state index in [1.807, 2.05) is 0 Å². The fourth-order valence-electron chi connectivity index (χ4n) is 3.13. The standard InChI is InChI=1S/C21H25FN2O4S/c22-18-8-10-19(11-9-18)28-15-4-1-12-23-21(25)17-6-5-7-20(16-17)29(26,27)24-13-2-3-14-24/h5-11,16H,1-4,12-15H2,(H,23,25). The highest BCUT2D eigenvalue weighted by atomic mass is 32.2. The fraction of sp³-hybridized carbons (Fsp3) is 0.381. The van der Waals surface area contributed by atoms with Gasteiger partial charge in [-0.15, -0.1) is 0 Å². The van der Waals surface area contributed by atoms with Gasteiger partial charge in [0, 0.05) is 25.2 Å². The van der Waals surface area contributed by atoms with Crippen LogP contribution in [0.3, 0.4) is 0 Å². The molecule has 1 amide bonds. The largest absolute Gasteiger partial charge is 0.494 e. The van der Waals surface area contributed by atoms with Crippen molar-refractivity contribution in [2.45, 2.75) is 30.6 Å². The molecule has 0 aromatic heterocycles. The van der Waals surface area contributed by atoms with E-state index in [0.717, 1.165) is 19.3 Å². The highest BCUT2D eigenvalue weighted by Gasteiger charge is 2.27. The number of hydrogen-bond acceptors (Lipinski definition) is 4. The lowest BCUT2D eigenvalue weighted by atomic mass is 10.2. The number of sulfonamides is 1. The average Bonchev–Trinajstić information content (AvgIpc) is 3.27. The third-order valence-corrected chi connectivity index (χ3v) is 6.63. The number of nitrogens with one attached hydrogen (secondary N) is 1. The zero-order valence-corrected chi connectivity index (χ0v) is 17.0. The third-order valence-electron chi connectivity index (χ3n) is 4.74. The average molecular weight is 421 g/mol. The second kappa shape index (κ2) is 9.84. The molecule has 1 heterocycles. The predicted octanol–water partition coefficient (Wildman–Crippen LogP) is 3.20. The minimum Gasteiger partial charge on any atom is -0.494 e. The normalized spacial score (nSPS) is 14.7. The molecular weight excluding hydrogens is 395 g/mol. The van der Waals surface area contributed by atoms with Crippen LogP contribution in [-0.4, -0.2) is 44.9 Å². The lowest BCUT2D eigenvalue weighted by molar-refractivity contribution is 0.0952. The number of hydrogen-bond donors (Lipinski definition) is 1. The van der Waals surface area contributed by atoms with E-state index in [1.54, 1.807) is 24.3 Å². The van der Waals surface area contributed by atoms with Crippen molar-refractivity contribution in [1.29, 1.82) is 0 Å². The molecule has 0 aliphatic carbocycles. The molecule has 0 radical (unpaired) electrons. The zero-order valence-electron chi connectivity index (χ0n) is 16.1. The Morgan fingerprint density at radius 2 is 1.79 bits per heavy atom. The second-order valence-corrected chi connectivity index (χ2v) is 8.84. The fourth-order valence-corrected chi connectivity index (χ4v) is 4.69.